The van der Waals surface area contributed by atoms with Crippen LogP contribution in [0.3, 0.4) is 0 Å². The van der Waals surface area contributed by atoms with Crippen LogP contribution >= 0.6 is 12.4 Å². The number of rotatable bonds is 5. The predicted molar refractivity (Wildman–Crippen MR) is 76.2 cm³/mol. The van der Waals surface area contributed by atoms with Crippen molar-refractivity contribution in [2.45, 2.75) is 19.1 Å². The van der Waals surface area contributed by atoms with Gasteiger partial charge in [-0.05, 0) is 24.6 Å². The number of hydrogen-bond donors (Lipinski definition) is 2. The Bertz CT molecular complexity index is 466. The van der Waals surface area contributed by atoms with Crippen molar-refractivity contribution in [1.82, 2.24) is 5.32 Å². The van der Waals surface area contributed by atoms with Crippen molar-refractivity contribution in [3.63, 3.8) is 0 Å². The molecule has 6 nitrogen and oxygen atoms in total. The summed E-state index contributed by atoms with van der Waals surface area (Å²) in [5.41, 5.74) is 6.38. The average Bonchev–Trinajstić information content (AvgIpc) is 2.87. The molecule has 1 aromatic carbocycles. The number of halogens is 1. The van der Waals surface area contributed by atoms with E-state index in [1.54, 1.807) is 0 Å². The molecule has 1 amide bonds. The molecule has 0 radical (unpaired) electrons. The number of fused-ring (bicyclic) bond motifs is 1. The monoisotopic (exact) mass is 302 g/mol. The summed E-state index contributed by atoms with van der Waals surface area (Å²) in [4.78, 5) is 11.9. The summed E-state index contributed by atoms with van der Waals surface area (Å²) in [6, 6.07) is 5.42. The second kappa shape index (κ2) is 7.33. The number of methoxy groups -OCH3 is 1. The number of hydrogen-bond acceptors (Lipinski definition) is 5. The van der Waals surface area contributed by atoms with Crippen molar-refractivity contribution in [1.29, 1.82) is 0 Å². The number of carbonyl (C=O) groups is 1. The van der Waals surface area contributed by atoms with Gasteiger partial charge in [0.15, 0.2) is 11.5 Å². The van der Waals surface area contributed by atoms with Gasteiger partial charge in [0.2, 0.25) is 6.79 Å². The minimum atomic E-state index is -0.628. The maximum Gasteiger partial charge on any atom is 0.250 e. The fraction of sp³-hybridized carbons (Fsp3) is 0.462. The Morgan fingerprint density at radius 1 is 1.45 bits per heavy atom. The molecule has 1 heterocycles. The van der Waals surface area contributed by atoms with E-state index >= 15 is 0 Å². The topological polar surface area (TPSA) is 82.8 Å². The molecule has 0 spiro atoms. The van der Waals surface area contributed by atoms with Gasteiger partial charge in [0.25, 0.3) is 5.91 Å². The van der Waals surface area contributed by atoms with E-state index < -0.39 is 6.10 Å². The van der Waals surface area contributed by atoms with Crippen molar-refractivity contribution in [2.75, 3.05) is 20.4 Å². The Labute approximate surface area is 124 Å². The van der Waals surface area contributed by atoms with E-state index in [4.69, 9.17) is 19.9 Å². The molecular formula is C13H19ClN2O4. The lowest BCUT2D eigenvalue weighted by molar-refractivity contribution is -0.131. The highest BCUT2D eigenvalue weighted by Crippen LogP contribution is 2.34. The molecule has 112 valence electrons. The Kier molecular flexibility index (Phi) is 6.06. The second-order valence-corrected chi connectivity index (χ2v) is 4.30. The van der Waals surface area contributed by atoms with Crippen molar-refractivity contribution in [3.05, 3.63) is 23.8 Å². The summed E-state index contributed by atoms with van der Waals surface area (Å²) in [5.74, 6) is 1.19. The number of nitrogens with two attached hydrogens (primary N) is 1. The van der Waals surface area contributed by atoms with Crippen LogP contribution in [0.25, 0.3) is 0 Å². The summed E-state index contributed by atoms with van der Waals surface area (Å²) in [6.45, 7) is 2.27. The standard InChI is InChI=1S/C13H18N2O4.ClH/c1-8(15-13(16)12(6-14)17-2)9-3-4-10-11(5-9)19-7-18-10;/h3-5,8,12H,6-7,14H2,1-2H3,(H,15,16);1H. The molecule has 1 aromatic rings. The van der Waals surface area contributed by atoms with Crippen molar-refractivity contribution >= 4 is 18.3 Å². The van der Waals surface area contributed by atoms with E-state index in [0.717, 1.165) is 11.3 Å². The van der Waals surface area contributed by atoms with Crippen LogP contribution in [0.1, 0.15) is 18.5 Å². The smallest absolute Gasteiger partial charge is 0.250 e. The number of benzene rings is 1. The number of ether oxygens (including phenoxy) is 3. The van der Waals surface area contributed by atoms with Crippen molar-refractivity contribution in [3.8, 4) is 11.5 Å². The highest BCUT2D eigenvalue weighted by Gasteiger charge is 2.20. The van der Waals surface area contributed by atoms with Crippen LogP contribution in [-0.2, 0) is 9.53 Å². The minimum Gasteiger partial charge on any atom is -0.454 e. The molecule has 2 unspecified atom stereocenters. The van der Waals surface area contributed by atoms with E-state index in [9.17, 15) is 4.79 Å². The zero-order chi connectivity index (χ0) is 13.8. The van der Waals surface area contributed by atoms with Gasteiger partial charge in [-0.25, -0.2) is 0 Å². The van der Waals surface area contributed by atoms with Gasteiger partial charge in [-0.3, -0.25) is 4.79 Å². The van der Waals surface area contributed by atoms with Gasteiger partial charge in [-0.2, -0.15) is 0 Å². The predicted octanol–water partition coefficient (Wildman–Crippen LogP) is 0.988. The van der Waals surface area contributed by atoms with Crippen LogP contribution in [0.15, 0.2) is 18.2 Å². The molecule has 0 saturated carbocycles. The SMILES string of the molecule is COC(CN)C(=O)NC(C)c1ccc2c(c1)OCO2.Cl. The summed E-state index contributed by atoms with van der Waals surface area (Å²) in [7, 11) is 1.46. The Hall–Kier alpha value is -1.50. The molecule has 1 aliphatic rings. The van der Waals surface area contributed by atoms with Gasteiger partial charge in [-0.15, -0.1) is 12.4 Å². The van der Waals surface area contributed by atoms with E-state index in [-0.39, 0.29) is 37.7 Å². The van der Waals surface area contributed by atoms with Crippen LogP contribution in [0.5, 0.6) is 11.5 Å². The van der Waals surface area contributed by atoms with E-state index in [2.05, 4.69) is 5.32 Å². The minimum absolute atomic E-state index is 0. The number of carbonyl (C=O) groups excluding carboxylic acids is 1. The normalized spacial score (nSPS) is 15.2. The lowest BCUT2D eigenvalue weighted by Crippen LogP contribution is -2.41. The maximum atomic E-state index is 11.9. The first kappa shape index (κ1) is 16.6. The van der Waals surface area contributed by atoms with E-state index in [1.165, 1.54) is 7.11 Å². The fourth-order valence-corrected chi connectivity index (χ4v) is 1.88. The van der Waals surface area contributed by atoms with Crippen molar-refractivity contribution < 1.29 is 19.0 Å². The molecule has 2 rings (SSSR count). The quantitative estimate of drug-likeness (QED) is 0.847. The molecule has 1 aliphatic heterocycles. The Morgan fingerprint density at radius 3 is 2.80 bits per heavy atom. The van der Waals surface area contributed by atoms with Gasteiger partial charge in [0.05, 0.1) is 6.04 Å². The molecule has 0 saturated heterocycles. The van der Waals surface area contributed by atoms with Crippen LogP contribution in [0.4, 0.5) is 0 Å². The highest BCUT2D eigenvalue weighted by atomic mass is 35.5. The fourth-order valence-electron chi connectivity index (χ4n) is 1.88. The van der Waals surface area contributed by atoms with Crippen LogP contribution in [0.2, 0.25) is 0 Å². The third-order valence-electron chi connectivity index (χ3n) is 3.05. The van der Waals surface area contributed by atoms with Crippen LogP contribution in [-0.4, -0.2) is 32.5 Å². The van der Waals surface area contributed by atoms with Gasteiger partial charge >= 0.3 is 0 Å². The second-order valence-electron chi connectivity index (χ2n) is 4.30. The third kappa shape index (κ3) is 3.53. The lowest BCUT2D eigenvalue weighted by atomic mass is 10.1. The van der Waals surface area contributed by atoms with Gasteiger partial charge in [0, 0.05) is 13.7 Å². The van der Waals surface area contributed by atoms with Gasteiger partial charge < -0.3 is 25.3 Å². The van der Waals surface area contributed by atoms with Crippen molar-refractivity contribution in [2.24, 2.45) is 5.73 Å². The Morgan fingerprint density at radius 2 is 2.15 bits per heavy atom. The molecule has 20 heavy (non-hydrogen) atoms. The first-order valence-electron chi connectivity index (χ1n) is 6.08. The molecule has 0 aliphatic carbocycles. The summed E-state index contributed by atoms with van der Waals surface area (Å²) in [5, 5.41) is 2.85. The maximum absolute atomic E-state index is 11.9. The zero-order valence-corrected chi connectivity index (χ0v) is 12.2. The Balaban J connectivity index is 0.00000200. The number of amides is 1. The van der Waals surface area contributed by atoms with Gasteiger partial charge in [-0.1, -0.05) is 6.07 Å². The molecule has 0 bridgehead atoms. The summed E-state index contributed by atoms with van der Waals surface area (Å²) < 4.78 is 15.5. The first-order chi connectivity index (χ1) is 9.15. The molecular weight excluding hydrogens is 284 g/mol. The molecule has 7 heteroatoms. The van der Waals surface area contributed by atoms with Crippen LogP contribution < -0.4 is 20.5 Å². The zero-order valence-electron chi connectivity index (χ0n) is 11.4. The molecule has 0 aromatic heterocycles. The average molecular weight is 303 g/mol. The third-order valence-corrected chi connectivity index (χ3v) is 3.05. The molecule has 3 N–H and O–H groups in total. The largest absolute Gasteiger partial charge is 0.454 e. The molecule has 2 atom stereocenters. The van der Waals surface area contributed by atoms with Gasteiger partial charge in [0.1, 0.15) is 6.10 Å². The highest BCUT2D eigenvalue weighted by molar-refractivity contribution is 5.85. The summed E-state index contributed by atoms with van der Waals surface area (Å²) in [6.07, 6.45) is -0.628. The number of nitrogens with one attached hydrogen (secondary N) is 1. The van der Waals surface area contributed by atoms with Crippen LogP contribution in [0, 0.1) is 0 Å². The first-order valence-corrected chi connectivity index (χ1v) is 6.08. The molecule has 0 fully saturated rings. The summed E-state index contributed by atoms with van der Waals surface area (Å²) >= 11 is 0. The van der Waals surface area contributed by atoms with E-state index in [1.807, 2.05) is 25.1 Å². The van der Waals surface area contributed by atoms with E-state index in [0.29, 0.717) is 5.75 Å². The lowest BCUT2D eigenvalue weighted by Gasteiger charge is -2.18.